The zero-order chi connectivity index (χ0) is 36.3. The highest BCUT2D eigenvalue weighted by atomic mass is 35.5. The van der Waals surface area contributed by atoms with Crippen molar-refractivity contribution in [3.05, 3.63) is 48.1 Å². The molecule has 0 saturated carbocycles. The van der Waals surface area contributed by atoms with Crippen molar-refractivity contribution in [2.24, 2.45) is 21.7 Å². The second-order valence-electron chi connectivity index (χ2n) is 15.2. The molecular formula is C39H63ClN4O4. The van der Waals surface area contributed by atoms with Crippen LogP contribution in [0.2, 0.25) is 5.02 Å². The molecule has 0 saturated heterocycles. The number of aliphatic hydroxyl groups excluding tert-OH is 1. The average molecular weight is 687 g/mol. The molecule has 2 aromatic rings. The van der Waals surface area contributed by atoms with Crippen LogP contribution in [0, 0.1) is 21.7 Å². The second-order valence-corrected chi connectivity index (χ2v) is 15.7. The van der Waals surface area contributed by atoms with Crippen LogP contribution in [-0.4, -0.2) is 71.8 Å². The molecule has 3 N–H and O–H groups in total. The molecular weight excluding hydrogens is 624 g/mol. The fourth-order valence-electron chi connectivity index (χ4n) is 6.83. The maximum atomic E-state index is 13.6. The number of nitrogens with one attached hydrogen (secondary N) is 2. The molecule has 1 heterocycles. The summed E-state index contributed by atoms with van der Waals surface area (Å²) in [4.78, 5) is 33.9. The van der Waals surface area contributed by atoms with E-state index in [-0.39, 0.29) is 24.5 Å². The fraction of sp³-hybridized carbons (Fsp3) is 0.667. The topological polar surface area (TPSA) is 104 Å². The smallest absolute Gasteiger partial charge is 0.315 e. The third kappa shape index (κ3) is 10.4. The molecule has 0 spiro atoms. The number of likely N-dealkylation sites (N-methyl/N-ethyl adjacent to an activating group) is 1. The van der Waals surface area contributed by atoms with Crippen molar-refractivity contribution in [1.82, 2.24) is 15.2 Å². The molecule has 8 nitrogen and oxygen atoms in total. The Morgan fingerprint density at radius 1 is 1.10 bits per heavy atom. The number of aromatic nitrogens is 1. The lowest BCUT2D eigenvalue weighted by atomic mass is 9.49. The van der Waals surface area contributed by atoms with Gasteiger partial charge in [0.15, 0.2) is 0 Å². The Morgan fingerprint density at radius 3 is 2.40 bits per heavy atom. The van der Waals surface area contributed by atoms with Crippen molar-refractivity contribution < 1.29 is 19.4 Å². The molecule has 0 fully saturated rings. The van der Waals surface area contributed by atoms with E-state index in [1.165, 1.54) is 0 Å². The van der Waals surface area contributed by atoms with E-state index < -0.39 is 27.8 Å². The summed E-state index contributed by atoms with van der Waals surface area (Å²) in [5.41, 5.74) is -0.679. The first kappa shape index (κ1) is 41.5. The number of hydrogen-bond acceptors (Lipinski definition) is 7. The van der Waals surface area contributed by atoms with Crippen LogP contribution in [0.5, 0.6) is 0 Å². The quantitative estimate of drug-likeness (QED) is 0.0897. The van der Waals surface area contributed by atoms with Crippen LogP contribution in [0.25, 0.3) is 10.9 Å². The molecule has 0 aliphatic carbocycles. The van der Waals surface area contributed by atoms with Gasteiger partial charge in [0.25, 0.3) is 0 Å². The van der Waals surface area contributed by atoms with Gasteiger partial charge >= 0.3 is 5.97 Å². The summed E-state index contributed by atoms with van der Waals surface area (Å²) in [5.74, 6) is -0.371. The van der Waals surface area contributed by atoms with Gasteiger partial charge in [-0.2, -0.15) is 0 Å². The van der Waals surface area contributed by atoms with Crippen molar-refractivity contribution >= 4 is 40.1 Å². The predicted molar refractivity (Wildman–Crippen MR) is 200 cm³/mol. The number of pyridine rings is 1. The van der Waals surface area contributed by atoms with Crippen LogP contribution < -0.4 is 10.6 Å². The van der Waals surface area contributed by atoms with Crippen LogP contribution in [0.15, 0.2) is 43.1 Å². The molecule has 2 rings (SSSR count). The summed E-state index contributed by atoms with van der Waals surface area (Å²) in [6.45, 7) is 27.4. The van der Waals surface area contributed by atoms with E-state index in [2.05, 4.69) is 75.6 Å². The van der Waals surface area contributed by atoms with E-state index in [0.717, 1.165) is 48.9 Å². The largest absolute Gasteiger partial charge is 0.464 e. The van der Waals surface area contributed by atoms with E-state index in [1.54, 1.807) is 19.2 Å². The maximum Gasteiger partial charge on any atom is 0.315 e. The number of amides is 1. The summed E-state index contributed by atoms with van der Waals surface area (Å²) in [7, 11) is 0. The predicted octanol–water partition coefficient (Wildman–Crippen LogP) is 8.27. The summed E-state index contributed by atoms with van der Waals surface area (Å²) in [5, 5.41) is 18.1. The normalized spacial score (nSPS) is 16.1. The fourth-order valence-corrected chi connectivity index (χ4v) is 6.99. The number of anilines is 1. The third-order valence-corrected chi connectivity index (χ3v) is 11.1. The molecule has 1 aromatic carbocycles. The van der Waals surface area contributed by atoms with Gasteiger partial charge in [-0.3, -0.25) is 14.6 Å². The molecule has 0 bridgehead atoms. The Morgan fingerprint density at radius 2 is 1.79 bits per heavy atom. The first-order chi connectivity index (χ1) is 22.4. The number of benzene rings is 1. The van der Waals surface area contributed by atoms with Gasteiger partial charge in [0.1, 0.15) is 6.61 Å². The number of carbonyl (C=O) groups excluding carboxylic acids is 2. The van der Waals surface area contributed by atoms with Crippen molar-refractivity contribution in [1.29, 1.82) is 0 Å². The molecule has 0 aliphatic heterocycles. The number of aliphatic hydroxyl groups is 1. The van der Waals surface area contributed by atoms with Crippen LogP contribution >= 0.6 is 11.6 Å². The highest BCUT2D eigenvalue weighted by Gasteiger charge is 2.56. The molecule has 0 radical (unpaired) electrons. The molecule has 4 unspecified atom stereocenters. The lowest BCUT2D eigenvalue weighted by molar-refractivity contribution is -0.159. The molecule has 1 amide bonds. The van der Waals surface area contributed by atoms with Gasteiger partial charge in [-0.05, 0) is 94.6 Å². The van der Waals surface area contributed by atoms with E-state index >= 15 is 0 Å². The summed E-state index contributed by atoms with van der Waals surface area (Å²) < 4.78 is 5.90. The van der Waals surface area contributed by atoms with Gasteiger partial charge < -0.3 is 25.4 Å². The van der Waals surface area contributed by atoms with Crippen LogP contribution in [0.3, 0.4) is 0 Å². The van der Waals surface area contributed by atoms with Gasteiger partial charge in [-0.15, -0.1) is 6.58 Å². The standard InChI is InChI=1S/C39H63ClN4O4/c1-12-20-39(11,34(46)42-26-29(5)45)37(8,9)36(6,7)27-38(10,13-2)35(47)48-24-23-44(14-3)22-15-16-28(4)43-32-19-21-41-33-25-30(40)17-18-31(32)33/h13,17-19,21,25,28-29,45H,2,12,14-16,20,22-24,26-27H2,1,3-11H3,(H,41,43)(H,42,46). The monoisotopic (exact) mass is 686 g/mol. The number of esters is 1. The minimum atomic E-state index is -0.926. The van der Waals surface area contributed by atoms with Crippen LogP contribution in [0.4, 0.5) is 5.69 Å². The lowest BCUT2D eigenvalue weighted by Crippen LogP contribution is -2.56. The Kier molecular flexibility index (Phi) is 15.4. The number of carbonyl (C=O) groups is 2. The van der Waals surface area contributed by atoms with Crippen molar-refractivity contribution in [2.75, 3.05) is 38.1 Å². The molecule has 4 atom stereocenters. The summed E-state index contributed by atoms with van der Waals surface area (Å²) >= 11 is 6.15. The third-order valence-electron chi connectivity index (χ3n) is 10.9. The summed E-state index contributed by atoms with van der Waals surface area (Å²) in [6, 6.07) is 8.04. The van der Waals surface area contributed by atoms with Gasteiger partial charge in [0.2, 0.25) is 5.91 Å². The van der Waals surface area contributed by atoms with E-state index in [9.17, 15) is 14.7 Å². The number of halogens is 1. The first-order valence-corrected chi connectivity index (χ1v) is 18.1. The van der Waals surface area contributed by atoms with Crippen molar-refractivity contribution in [2.45, 2.75) is 113 Å². The van der Waals surface area contributed by atoms with Crippen molar-refractivity contribution in [3.8, 4) is 0 Å². The molecule has 270 valence electrons. The maximum absolute atomic E-state index is 13.6. The average Bonchev–Trinajstić information content (AvgIpc) is 3.02. The number of ether oxygens (including phenoxy) is 1. The Balaban J connectivity index is 1.97. The van der Waals surface area contributed by atoms with Gasteiger partial charge in [0, 0.05) is 41.4 Å². The zero-order valence-electron chi connectivity index (χ0n) is 31.3. The van der Waals surface area contributed by atoms with E-state index in [0.29, 0.717) is 31.0 Å². The highest BCUT2D eigenvalue weighted by molar-refractivity contribution is 6.31. The minimum absolute atomic E-state index is 0.0766. The second kappa shape index (κ2) is 17.8. The van der Waals surface area contributed by atoms with Gasteiger partial charge in [0.05, 0.1) is 22.5 Å². The molecule has 48 heavy (non-hydrogen) atoms. The van der Waals surface area contributed by atoms with Crippen LogP contribution in [0.1, 0.15) is 101 Å². The van der Waals surface area contributed by atoms with Crippen molar-refractivity contribution in [3.63, 3.8) is 0 Å². The van der Waals surface area contributed by atoms with E-state index in [1.807, 2.05) is 38.1 Å². The molecule has 9 heteroatoms. The van der Waals surface area contributed by atoms with Gasteiger partial charge in [-0.25, -0.2) is 0 Å². The first-order valence-electron chi connectivity index (χ1n) is 17.7. The minimum Gasteiger partial charge on any atom is -0.464 e. The Hall–Kier alpha value is -2.68. The highest BCUT2D eigenvalue weighted by Crippen LogP contribution is 2.57. The molecule has 0 aliphatic rings. The lowest BCUT2D eigenvalue weighted by Gasteiger charge is -2.54. The van der Waals surface area contributed by atoms with Gasteiger partial charge in [-0.1, -0.05) is 72.6 Å². The Labute approximate surface area is 295 Å². The number of fused-ring (bicyclic) bond motifs is 1. The Bertz CT molecular complexity index is 1360. The van der Waals surface area contributed by atoms with Crippen LogP contribution in [-0.2, 0) is 14.3 Å². The number of nitrogens with zero attached hydrogens (tertiary/aromatic N) is 2. The summed E-state index contributed by atoms with van der Waals surface area (Å²) in [6.07, 6.45) is 6.85. The number of rotatable bonds is 21. The SMILES string of the molecule is C=CC(C)(CC(C)(C)C(C)(C)C(C)(CCC)C(=O)NCC(C)O)C(=O)OCCN(CC)CCCC(C)Nc1ccnc2cc(Cl)ccc12. The zero-order valence-corrected chi connectivity index (χ0v) is 32.1. The molecule has 1 aromatic heterocycles. The number of hydrogen-bond donors (Lipinski definition) is 3. The van der Waals surface area contributed by atoms with E-state index in [4.69, 9.17) is 16.3 Å².